The molecule has 5 rings (SSSR count). The van der Waals surface area contributed by atoms with Gasteiger partial charge in [-0.1, -0.05) is 29.8 Å². The van der Waals surface area contributed by atoms with Crippen molar-refractivity contribution in [1.82, 2.24) is 14.8 Å². The monoisotopic (exact) mass is 519 g/mol. The van der Waals surface area contributed by atoms with Gasteiger partial charge < -0.3 is 10.4 Å². The summed E-state index contributed by atoms with van der Waals surface area (Å²) in [7, 11) is 0. The van der Waals surface area contributed by atoms with E-state index in [1.165, 1.54) is 12.1 Å². The number of aryl methyl sites for hydroxylation is 2. The molecule has 1 aliphatic rings. The number of aliphatic imine (C=N–C) groups is 1. The quantitative estimate of drug-likeness (QED) is 0.360. The molecule has 36 heavy (non-hydrogen) atoms. The molecule has 1 unspecified atom stereocenters. The van der Waals surface area contributed by atoms with Crippen molar-refractivity contribution in [3.63, 3.8) is 0 Å². The van der Waals surface area contributed by atoms with Gasteiger partial charge in [-0.3, -0.25) is 14.4 Å². The molecule has 0 saturated carbocycles. The van der Waals surface area contributed by atoms with Crippen molar-refractivity contribution in [2.45, 2.75) is 33.2 Å². The molecule has 0 radical (unpaired) electrons. The normalized spacial score (nSPS) is 14.4. The first-order chi connectivity index (χ1) is 17.2. The van der Waals surface area contributed by atoms with Crippen LogP contribution in [0.5, 0.6) is 0 Å². The van der Waals surface area contributed by atoms with Gasteiger partial charge in [0.05, 0.1) is 17.7 Å². The molecule has 0 aliphatic carbocycles. The highest BCUT2D eigenvalue weighted by Crippen LogP contribution is 2.39. The van der Waals surface area contributed by atoms with Gasteiger partial charge >= 0.3 is 5.97 Å². The van der Waals surface area contributed by atoms with Crippen molar-refractivity contribution in [2.75, 3.05) is 5.32 Å². The van der Waals surface area contributed by atoms with Gasteiger partial charge in [0.15, 0.2) is 5.82 Å². The third-order valence-corrected chi connectivity index (χ3v) is 7.57. The van der Waals surface area contributed by atoms with Crippen molar-refractivity contribution < 1.29 is 14.7 Å². The number of carbonyl (C=O) groups excluding carboxylic acids is 1. The fraction of sp³-hybridized carbons (Fsp3) is 0.192. The van der Waals surface area contributed by atoms with Crippen LogP contribution in [0, 0.1) is 20.8 Å². The number of fused-ring (bicyclic) bond motifs is 3. The summed E-state index contributed by atoms with van der Waals surface area (Å²) < 4.78 is 1.98. The van der Waals surface area contributed by atoms with Crippen LogP contribution in [-0.2, 0) is 4.79 Å². The first-order valence-electron chi connectivity index (χ1n) is 11.2. The second-order valence-corrected chi connectivity index (χ2v) is 10.2. The summed E-state index contributed by atoms with van der Waals surface area (Å²) in [6, 6.07) is 13.0. The summed E-state index contributed by atoms with van der Waals surface area (Å²) in [4.78, 5) is 30.7. The lowest BCUT2D eigenvalue weighted by Gasteiger charge is -2.13. The highest BCUT2D eigenvalue weighted by atomic mass is 35.5. The number of hydrogen-bond acceptors (Lipinski definition) is 6. The maximum Gasteiger partial charge on any atom is 0.335 e. The van der Waals surface area contributed by atoms with Gasteiger partial charge in [-0.25, -0.2) is 4.79 Å². The third-order valence-electron chi connectivity index (χ3n) is 6.13. The highest BCUT2D eigenvalue weighted by Gasteiger charge is 2.32. The summed E-state index contributed by atoms with van der Waals surface area (Å²) in [5.41, 5.74) is 4.24. The van der Waals surface area contributed by atoms with Crippen LogP contribution in [-0.4, -0.2) is 37.5 Å². The Kier molecular flexibility index (Phi) is 6.19. The Bertz CT molecular complexity index is 1540. The van der Waals surface area contributed by atoms with E-state index in [2.05, 4.69) is 29.4 Å². The first-order valence-corrected chi connectivity index (χ1v) is 12.4. The zero-order valence-corrected chi connectivity index (χ0v) is 21.3. The molecule has 10 heteroatoms. The molecule has 0 spiro atoms. The van der Waals surface area contributed by atoms with E-state index in [0.717, 1.165) is 32.3 Å². The fourth-order valence-corrected chi connectivity index (χ4v) is 5.59. The lowest BCUT2D eigenvalue weighted by atomic mass is 9.99. The maximum absolute atomic E-state index is 13.1. The van der Waals surface area contributed by atoms with Crippen LogP contribution in [0.25, 0.3) is 5.00 Å². The number of anilines is 1. The van der Waals surface area contributed by atoms with Gasteiger partial charge in [0.1, 0.15) is 16.9 Å². The number of thiophene rings is 1. The van der Waals surface area contributed by atoms with Gasteiger partial charge in [0, 0.05) is 26.7 Å². The smallest absolute Gasteiger partial charge is 0.335 e. The maximum atomic E-state index is 13.1. The number of hydrogen-bond donors (Lipinski definition) is 2. The van der Waals surface area contributed by atoms with Crippen LogP contribution < -0.4 is 5.32 Å². The standard InChI is InChI=1S/C26H22ClN5O3S/c1-13-14(2)36-25-22(13)23(16-7-9-18(27)10-8-16)29-20(24-31-30-15(3)32(24)25)12-21(33)28-19-6-4-5-17(11-19)26(34)35/h4-11,20H,12H2,1-3H3,(H,28,33)(H,34,35). The number of nitrogens with one attached hydrogen (secondary N) is 1. The summed E-state index contributed by atoms with van der Waals surface area (Å²) >= 11 is 7.79. The van der Waals surface area contributed by atoms with Crippen LogP contribution >= 0.6 is 22.9 Å². The minimum atomic E-state index is -1.06. The summed E-state index contributed by atoms with van der Waals surface area (Å²) in [5, 5.41) is 22.3. The van der Waals surface area contributed by atoms with E-state index in [-0.39, 0.29) is 17.9 Å². The minimum absolute atomic E-state index is 0.000503. The minimum Gasteiger partial charge on any atom is -0.478 e. The average molecular weight is 520 g/mol. The SMILES string of the molecule is Cc1sc2c(c1C)C(c1ccc(Cl)cc1)=NC(CC(=O)Nc1cccc(C(=O)O)c1)c1nnc(C)n1-2. The number of carboxylic acid groups (broad SMARTS) is 1. The Balaban J connectivity index is 1.58. The van der Waals surface area contributed by atoms with E-state index in [9.17, 15) is 14.7 Å². The topological polar surface area (TPSA) is 109 Å². The van der Waals surface area contributed by atoms with Gasteiger partial charge in [0.2, 0.25) is 5.91 Å². The highest BCUT2D eigenvalue weighted by molar-refractivity contribution is 7.15. The van der Waals surface area contributed by atoms with E-state index in [0.29, 0.717) is 22.4 Å². The summed E-state index contributed by atoms with van der Waals surface area (Å²) in [5.74, 6) is -0.0902. The van der Waals surface area contributed by atoms with Gasteiger partial charge in [-0.15, -0.1) is 21.5 Å². The fourth-order valence-electron chi connectivity index (χ4n) is 4.25. The zero-order valence-electron chi connectivity index (χ0n) is 19.7. The Labute approximate surface area is 216 Å². The van der Waals surface area contributed by atoms with Gasteiger partial charge in [-0.2, -0.15) is 0 Å². The second kappa shape index (κ2) is 9.33. The van der Waals surface area contributed by atoms with Gasteiger partial charge in [-0.05, 0) is 56.7 Å². The molecule has 8 nitrogen and oxygen atoms in total. The molecule has 2 N–H and O–H groups in total. The Morgan fingerprint density at radius 3 is 2.58 bits per heavy atom. The van der Waals surface area contributed by atoms with Gasteiger partial charge in [0.25, 0.3) is 0 Å². The number of aromatic nitrogens is 3. The molecule has 1 amide bonds. The predicted molar refractivity (Wildman–Crippen MR) is 140 cm³/mol. The zero-order chi connectivity index (χ0) is 25.6. The molecule has 1 atom stereocenters. The Hall–Kier alpha value is -3.82. The summed E-state index contributed by atoms with van der Waals surface area (Å²) in [6.07, 6.45) is -0.000503. The number of nitrogens with zero attached hydrogens (tertiary/aromatic N) is 4. The van der Waals surface area contributed by atoms with E-state index in [4.69, 9.17) is 16.6 Å². The predicted octanol–water partition coefficient (Wildman–Crippen LogP) is 5.53. The molecular formula is C26H22ClN5O3S. The Morgan fingerprint density at radius 2 is 1.86 bits per heavy atom. The molecule has 182 valence electrons. The molecule has 0 fully saturated rings. The third kappa shape index (κ3) is 4.31. The van der Waals surface area contributed by atoms with Crippen molar-refractivity contribution >= 4 is 46.2 Å². The van der Waals surface area contributed by atoms with Crippen LogP contribution in [0.4, 0.5) is 5.69 Å². The van der Waals surface area contributed by atoms with Crippen LogP contribution in [0.1, 0.15) is 56.0 Å². The number of amides is 1. The number of carbonyl (C=O) groups is 2. The Morgan fingerprint density at radius 1 is 1.11 bits per heavy atom. The molecule has 0 bridgehead atoms. The molecule has 2 aromatic carbocycles. The van der Waals surface area contributed by atoms with Crippen LogP contribution in [0.15, 0.2) is 53.5 Å². The molecule has 0 saturated heterocycles. The van der Waals surface area contributed by atoms with E-state index in [1.54, 1.807) is 23.5 Å². The molecule has 3 heterocycles. The van der Waals surface area contributed by atoms with Crippen molar-refractivity contribution in [3.05, 3.63) is 92.3 Å². The molecule has 1 aliphatic heterocycles. The average Bonchev–Trinajstić information content (AvgIpc) is 3.32. The molecule has 2 aromatic heterocycles. The van der Waals surface area contributed by atoms with Crippen molar-refractivity contribution in [2.24, 2.45) is 4.99 Å². The number of carboxylic acids is 1. The first kappa shape index (κ1) is 23.9. The second-order valence-electron chi connectivity index (χ2n) is 8.54. The molecule has 4 aromatic rings. The number of rotatable bonds is 5. The van der Waals surface area contributed by atoms with Crippen molar-refractivity contribution in [1.29, 1.82) is 0 Å². The lowest BCUT2D eigenvalue weighted by Crippen LogP contribution is -2.17. The van der Waals surface area contributed by atoms with E-state index < -0.39 is 12.0 Å². The van der Waals surface area contributed by atoms with E-state index in [1.807, 2.05) is 35.8 Å². The number of halogens is 1. The number of benzene rings is 2. The van der Waals surface area contributed by atoms with Crippen LogP contribution in [0.2, 0.25) is 5.02 Å². The van der Waals surface area contributed by atoms with Crippen molar-refractivity contribution in [3.8, 4) is 5.00 Å². The lowest BCUT2D eigenvalue weighted by molar-refractivity contribution is -0.116. The van der Waals surface area contributed by atoms with Crippen LogP contribution in [0.3, 0.4) is 0 Å². The molecular weight excluding hydrogens is 498 g/mol. The largest absolute Gasteiger partial charge is 0.478 e. The number of aromatic carboxylic acids is 1. The summed E-state index contributed by atoms with van der Waals surface area (Å²) in [6.45, 7) is 6.02. The van der Waals surface area contributed by atoms with E-state index >= 15 is 0 Å².